The third-order valence-electron chi connectivity index (χ3n) is 3.94. The Labute approximate surface area is 143 Å². The van der Waals surface area contributed by atoms with Crippen LogP contribution in [-0.4, -0.2) is 24.4 Å². The highest BCUT2D eigenvalue weighted by Crippen LogP contribution is 2.26. The van der Waals surface area contributed by atoms with Gasteiger partial charge in [0.15, 0.2) is 0 Å². The van der Waals surface area contributed by atoms with Gasteiger partial charge in [0.2, 0.25) is 5.91 Å². The fraction of sp³-hybridized carbons (Fsp3) is 0.529. The van der Waals surface area contributed by atoms with E-state index in [1.54, 1.807) is 18.2 Å². The topological polar surface area (TPSA) is 84.2 Å². The van der Waals surface area contributed by atoms with E-state index in [2.05, 4.69) is 10.6 Å². The standard InChI is InChI=1S/C17H25N3O2.ClH/c1-11(2)10-19-17(22)14-5-3-4-6-15(14)20-16(21)12-7-8-13(18)9-12;/h3-6,11-13H,7-10,18H2,1-2H3,(H,19,22)(H,20,21);1H. The average Bonchev–Trinajstić information content (AvgIpc) is 2.92. The molecule has 0 aromatic heterocycles. The lowest BCUT2D eigenvalue weighted by molar-refractivity contribution is -0.119. The Hall–Kier alpha value is -1.59. The smallest absolute Gasteiger partial charge is 0.253 e. The van der Waals surface area contributed by atoms with Gasteiger partial charge in [0, 0.05) is 18.5 Å². The molecule has 0 radical (unpaired) electrons. The number of carbonyl (C=O) groups excluding carboxylic acids is 2. The molecule has 2 amide bonds. The van der Waals surface area contributed by atoms with Gasteiger partial charge in [0.25, 0.3) is 5.91 Å². The van der Waals surface area contributed by atoms with Gasteiger partial charge >= 0.3 is 0 Å². The normalized spacial score (nSPS) is 20.0. The zero-order valence-electron chi connectivity index (χ0n) is 13.7. The molecule has 1 aromatic carbocycles. The minimum Gasteiger partial charge on any atom is -0.352 e. The third kappa shape index (κ3) is 5.52. The first-order valence-corrected chi connectivity index (χ1v) is 7.91. The van der Waals surface area contributed by atoms with Crippen molar-refractivity contribution in [2.24, 2.45) is 17.6 Å². The Kier molecular flexibility index (Phi) is 7.52. The number of carbonyl (C=O) groups is 2. The van der Waals surface area contributed by atoms with Gasteiger partial charge in [-0.05, 0) is 37.3 Å². The fourth-order valence-electron chi connectivity index (χ4n) is 2.67. The molecular formula is C17H26ClN3O2. The molecule has 2 atom stereocenters. The van der Waals surface area contributed by atoms with Crippen LogP contribution in [0.2, 0.25) is 0 Å². The second kappa shape index (κ2) is 8.89. The zero-order valence-corrected chi connectivity index (χ0v) is 14.5. The Morgan fingerprint density at radius 1 is 1.26 bits per heavy atom. The monoisotopic (exact) mass is 339 g/mol. The Balaban J connectivity index is 0.00000264. The molecule has 1 fully saturated rings. The molecule has 0 heterocycles. The highest BCUT2D eigenvalue weighted by molar-refractivity contribution is 6.04. The van der Waals surface area contributed by atoms with E-state index < -0.39 is 0 Å². The van der Waals surface area contributed by atoms with Crippen molar-refractivity contribution >= 4 is 29.9 Å². The van der Waals surface area contributed by atoms with Crippen LogP contribution in [-0.2, 0) is 4.79 Å². The summed E-state index contributed by atoms with van der Waals surface area (Å²) in [7, 11) is 0. The number of nitrogens with two attached hydrogens (primary N) is 1. The van der Waals surface area contributed by atoms with E-state index in [-0.39, 0.29) is 36.2 Å². The summed E-state index contributed by atoms with van der Waals surface area (Å²) in [6.07, 6.45) is 2.41. The van der Waals surface area contributed by atoms with Crippen LogP contribution in [0.5, 0.6) is 0 Å². The Bertz CT molecular complexity index is 548. The van der Waals surface area contributed by atoms with Crippen molar-refractivity contribution in [3.63, 3.8) is 0 Å². The number of anilines is 1. The number of nitrogens with one attached hydrogen (secondary N) is 2. The summed E-state index contributed by atoms with van der Waals surface area (Å²) < 4.78 is 0. The van der Waals surface area contributed by atoms with Gasteiger partial charge in [0.1, 0.15) is 0 Å². The maximum absolute atomic E-state index is 12.3. The van der Waals surface area contributed by atoms with Crippen LogP contribution < -0.4 is 16.4 Å². The first kappa shape index (κ1) is 19.5. The quantitative estimate of drug-likeness (QED) is 0.770. The van der Waals surface area contributed by atoms with Gasteiger partial charge in [-0.25, -0.2) is 0 Å². The SMILES string of the molecule is CC(C)CNC(=O)c1ccccc1NC(=O)C1CCC(N)C1.Cl. The van der Waals surface area contributed by atoms with E-state index in [0.29, 0.717) is 30.1 Å². The maximum Gasteiger partial charge on any atom is 0.253 e. The molecule has 0 saturated heterocycles. The van der Waals surface area contributed by atoms with Crippen molar-refractivity contribution < 1.29 is 9.59 Å². The molecule has 1 aliphatic rings. The number of amides is 2. The van der Waals surface area contributed by atoms with E-state index in [4.69, 9.17) is 5.73 Å². The lowest BCUT2D eigenvalue weighted by atomic mass is 10.1. The van der Waals surface area contributed by atoms with E-state index in [0.717, 1.165) is 12.8 Å². The van der Waals surface area contributed by atoms with Gasteiger partial charge in [-0.3, -0.25) is 9.59 Å². The van der Waals surface area contributed by atoms with Gasteiger partial charge in [0.05, 0.1) is 11.3 Å². The molecule has 4 N–H and O–H groups in total. The molecule has 1 saturated carbocycles. The molecular weight excluding hydrogens is 314 g/mol. The molecule has 1 aromatic rings. The summed E-state index contributed by atoms with van der Waals surface area (Å²) in [4.78, 5) is 24.5. The number of para-hydroxylation sites is 1. The van der Waals surface area contributed by atoms with Crippen LogP contribution in [0, 0.1) is 11.8 Å². The minimum absolute atomic E-state index is 0. The van der Waals surface area contributed by atoms with E-state index >= 15 is 0 Å². The summed E-state index contributed by atoms with van der Waals surface area (Å²) in [5.74, 6) is 0.122. The van der Waals surface area contributed by atoms with Crippen molar-refractivity contribution in [2.75, 3.05) is 11.9 Å². The number of halogens is 1. The average molecular weight is 340 g/mol. The molecule has 1 aliphatic carbocycles. The van der Waals surface area contributed by atoms with Crippen LogP contribution >= 0.6 is 12.4 Å². The Morgan fingerprint density at radius 3 is 2.57 bits per heavy atom. The molecule has 6 heteroatoms. The van der Waals surface area contributed by atoms with Gasteiger partial charge in [-0.1, -0.05) is 26.0 Å². The number of benzene rings is 1. The first-order valence-electron chi connectivity index (χ1n) is 7.91. The largest absolute Gasteiger partial charge is 0.352 e. The fourth-order valence-corrected chi connectivity index (χ4v) is 2.67. The summed E-state index contributed by atoms with van der Waals surface area (Å²) in [6, 6.07) is 7.21. The summed E-state index contributed by atoms with van der Waals surface area (Å²) in [5.41, 5.74) is 6.92. The molecule has 0 spiro atoms. The van der Waals surface area contributed by atoms with Crippen molar-refractivity contribution in [1.29, 1.82) is 0 Å². The summed E-state index contributed by atoms with van der Waals surface area (Å²) in [6.45, 7) is 4.69. The third-order valence-corrected chi connectivity index (χ3v) is 3.94. The Morgan fingerprint density at radius 2 is 1.96 bits per heavy atom. The highest BCUT2D eigenvalue weighted by Gasteiger charge is 2.28. The number of hydrogen-bond acceptors (Lipinski definition) is 3. The maximum atomic E-state index is 12.3. The molecule has 2 unspecified atom stereocenters. The van der Waals surface area contributed by atoms with Crippen molar-refractivity contribution in [3.8, 4) is 0 Å². The van der Waals surface area contributed by atoms with Crippen LogP contribution in [0.15, 0.2) is 24.3 Å². The number of rotatable bonds is 5. The number of hydrogen-bond donors (Lipinski definition) is 3. The molecule has 0 aliphatic heterocycles. The molecule has 0 bridgehead atoms. The predicted octanol–water partition coefficient (Wildman–Crippen LogP) is 2.56. The van der Waals surface area contributed by atoms with Crippen LogP contribution in [0.1, 0.15) is 43.5 Å². The van der Waals surface area contributed by atoms with Crippen molar-refractivity contribution in [3.05, 3.63) is 29.8 Å². The predicted molar refractivity (Wildman–Crippen MR) is 94.8 cm³/mol. The second-order valence-corrected chi connectivity index (χ2v) is 6.41. The summed E-state index contributed by atoms with van der Waals surface area (Å²) >= 11 is 0. The molecule has 23 heavy (non-hydrogen) atoms. The van der Waals surface area contributed by atoms with E-state index in [9.17, 15) is 9.59 Å². The molecule has 2 rings (SSSR count). The minimum atomic E-state index is -0.160. The highest BCUT2D eigenvalue weighted by atomic mass is 35.5. The van der Waals surface area contributed by atoms with E-state index in [1.165, 1.54) is 0 Å². The summed E-state index contributed by atoms with van der Waals surface area (Å²) in [5, 5.41) is 5.76. The second-order valence-electron chi connectivity index (χ2n) is 6.41. The molecule has 5 nitrogen and oxygen atoms in total. The molecule has 128 valence electrons. The van der Waals surface area contributed by atoms with Gasteiger partial charge in [-0.15, -0.1) is 12.4 Å². The first-order chi connectivity index (χ1) is 10.5. The van der Waals surface area contributed by atoms with Crippen LogP contribution in [0.25, 0.3) is 0 Å². The van der Waals surface area contributed by atoms with Gasteiger partial charge < -0.3 is 16.4 Å². The zero-order chi connectivity index (χ0) is 16.1. The van der Waals surface area contributed by atoms with Crippen molar-refractivity contribution in [2.45, 2.75) is 39.2 Å². The van der Waals surface area contributed by atoms with Crippen LogP contribution in [0.4, 0.5) is 5.69 Å². The van der Waals surface area contributed by atoms with E-state index in [1.807, 2.05) is 19.9 Å². The van der Waals surface area contributed by atoms with Crippen molar-refractivity contribution in [1.82, 2.24) is 5.32 Å². The lowest BCUT2D eigenvalue weighted by Crippen LogP contribution is -2.29. The lowest BCUT2D eigenvalue weighted by Gasteiger charge is -2.15. The van der Waals surface area contributed by atoms with Crippen LogP contribution in [0.3, 0.4) is 0 Å². The van der Waals surface area contributed by atoms with Gasteiger partial charge in [-0.2, -0.15) is 0 Å².